The normalized spacial score (nSPS) is 12.5. The van der Waals surface area contributed by atoms with Crippen LogP contribution in [0.4, 0.5) is 5.69 Å². The van der Waals surface area contributed by atoms with Gasteiger partial charge in [-0.15, -0.1) is 0 Å². The van der Waals surface area contributed by atoms with Crippen LogP contribution in [0.5, 0.6) is 5.75 Å². The monoisotopic (exact) mass is 641 g/mol. The number of nitrogens with one attached hydrogen (secondary N) is 1. The first-order chi connectivity index (χ1) is 22.0. The second kappa shape index (κ2) is 15.6. The molecule has 0 saturated carbocycles. The molecule has 0 bridgehead atoms. The highest BCUT2D eigenvalue weighted by Gasteiger charge is 2.35. The molecule has 0 saturated heterocycles. The quantitative estimate of drug-likeness (QED) is 0.181. The average molecular weight is 642 g/mol. The van der Waals surface area contributed by atoms with Gasteiger partial charge in [-0.05, 0) is 68.1 Å². The molecule has 0 heterocycles. The number of carbonyl (C=O) groups excluding carboxylic acids is 2. The lowest BCUT2D eigenvalue weighted by molar-refractivity contribution is -0.140. The van der Waals surface area contributed by atoms with Gasteiger partial charge in [-0.25, -0.2) is 8.42 Å². The smallest absolute Gasteiger partial charge is 0.264 e. The van der Waals surface area contributed by atoms with Crippen LogP contribution < -0.4 is 14.4 Å². The standard InChI is InChI=1S/C37H43N3O5S/c1-6-29(4)38-37(42)34(24-30-15-9-7-10-16-30)39(25-31-17-13-14-27(2)22-31)36(41)26-40(33-23-28(3)20-21-35(33)45-5)46(43,44)32-18-11-8-12-19-32/h7-23,29,34H,6,24-26H2,1-5H3,(H,38,42)/t29-,34-/m0/s1. The average Bonchev–Trinajstić information content (AvgIpc) is 3.05. The molecule has 1 N–H and O–H groups in total. The first kappa shape index (κ1) is 34.2. The Bertz CT molecular complexity index is 1730. The first-order valence-electron chi connectivity index (χ1n) is 15.4. The summed E-state index contributed by atoms with van der Waals surface area (Å²) < 4.78 is 35.2. The highest BCUT2D eigenvalue weighted by Crippen LogP contribution is 2.34. The third kappa shape index (κ3) is 8.54. The maximum atomic E-state index is 14.7. The molecule has 0 radical (unpaired) electrons. The molecule has 4 rings (SSSR count). The number of anilines is 1. The minimum atomic E-state index is -4.23. The van der Waals surface area contributed by atoms with Gasteiger partial charge in [0.15, 0.2) is 0 Å². The Balaban J connectivity index is 1.85. The molecule has 0 aliphatic rings. The molecule has 0 fully saturated rings. The summed E-state index contributed by atoms with van der Waals surface area (Å²) >= 11 is 0. The van der Waals surface area contributed by atoms with E-state index in [2.05, 4.69) is 5.32 Å². The van der Waals surface area contributed by atoms with Crippen molar-refractivity contribution in [1.82, 2.24) is 10.2 Å². The minimum absolute atomic E-state index is 0.0342. The number of carbonyl (C=O) groups is 2. The van der Waals surface area contributed by atoms with E-state index in [1.807, 2.05) is 88.4 Å². The van der Waals surface area contributed by atoms with E-state index in [0.29, 0.717) is 12.2 Å². The maximum absolute atomic E-state index is 14.7. The van der Waals surface area contributed by atoms with Crippen LogP contribution in [-0.2, 0) is 32.6 Å². The van der Waals surface area contributed by atoms with Crippen LogP contribution in [0.3, 0.4) is 0 Å². The largest absolute Gasteiger partial charge is 0.495 e. The van der Waals surface area contributed by atoms with Gasteiger partial charge < -0.3 is 15.0 Å². The highest BCUT2D eigenvalue weighted by atomic mass is 32.2. The number of methoxy groups -OCH3 is 1. The van der Waals surface area contributed by atoms with Crippen molar-refractivity contribution in [2.24, 2.45) is 0 Å². The van der Waals surface area contributed by atoms with Crippen molar-refractivity contribution in [3.05, 3.63) is 125 Å². The zero-order valence-electron chi connectivity index (χ0n) is 27.1. The number of hydrogen-bond donors (Lipinski definition) is 1. The molecule has 2 amide bonds. The van der Waals surface area contributed by atoms with Crippen molar-refractivity contribution in [3.63, 3.8) is 0 Å². The molecule has 0 aromatic heterocycles. The van der Waals surface area contributed by atoms with E-state index in [1.54, 1.807) is 30.3 Å². The predicted molar refractivity (Wildman–Crippen MR) is 182 cm³/mol. The molecule has 0 aliphatic carbocycles. The van der Waals surface area contributed by atoms with E-state index in [1.165, 1.54) is 24.1 Å². The molecule has 242 valence electrons. The molecule has 0 spiro atoms. The van der Waals surface area contributed by atoms with Gasteiger partial charge in [0.25, 0.3) is 10.0 Å². The van der Waals surface area contributed by atoms with Crippen molar-refractivity contribution in [2.45, 2.75) is 64.1 Å². The number of amides is 2. The van der Waals surface area contributed by atoms with Crippen LogP contribution in [0.15, 0.2) is 108 Å². The third-order valence-electron chi connectivity index (χ3n) is 7.92. The Labute approximate surface area is 273 Å². The summed E-state index contributed by atoms with van der Waals surface area (Å²) in [5.41, 5.74) is 3.74. The summed E-state index contributed by atoms with van der Waals surface area (Å²) in [6, 6.07) is 29.4. The molecule has 0 aliphatic heterocycles. The van der Waals surface area contributed by atoms with Crippen molar-refractivity contribution in [2.75, 3.05) is 18.0 Å². The van der Waals surface area contributed by atoms with Gasteiger partial charge in [0.1, 0.15) is 18.3 Å². The number of sulfonamides is 1. The maximum Gasteiger partial charge on any atom is 0.264 e. The molecule has 9 heteroatoms. The fourth-order valence-corrected chi connectivity index (χ4v) is 6.67. The van der Waals surface area contributed by atoms with E-state index in [4.69, 9.17) is 4.74 Å². The zero-order chi connectivity index (χ0) is 33.3. The van der Waals surface area contributed by atoms with Crippen molar-refractivity contribution in [3.8, 4) is 5.75 Å². The number of rotatable bonds is 14. The van der Waals surface area contributed by atoms with Crippen LogP contribution in [0.1, 0.15) is 42.5 Å². The SMILES string of the molecule is CC[C@H](C)NC(=O)[C@H](Cc1ccccc1)N(Cc1cccc(C)c1)C(=O)CN(c1cc(C)ccc1OC)S(=O)(=O)c1ccccc1. The molecule has 0 unspecified atom stereocenters. The summed E-state index contributed by atoms with van der Waals surface area (Å²) in [6.07, 6.45) is 0.964. The van der Waals surface area contributed by atoms with Crippen LogP contribution in [-0.4, -0.2) is 50.9 Å². The topological polar surface area (TPSA) is 96.0 Å². The Hall–Kier alpha value is -4.63. The van der Waals surface area contributed by atoms with E-state index >= 15 is 0 Å². The highest BCUT2D eigenvalue weighted by molar-refractivity contribution is 7.92. The lowest BCUT2D eigenvalue weighted by Crippen LogP contribution is -2.54. The second-order valence-electron chi connectivity index (χ2n) is 11.5. The molecular formula is C37H43N3O5S. The number of ether oxygens (including phenoxy) is 1. The van der Waals surface area contributed by atoms with Gasteiger partial charge in [-0.3, -0.25) is 13.9 Å². The summed E-state index contributed by atoms with van der Waals surface area (Å²) in [5.74, 6) is -0.520. The molecule has 4 aromatic rings. The molecule has 8 nitrogen and oxygen atoms in total. The number of hydrogen-bond acceptors (Lipinski definition) is 5. The summed E-state index contributed by atoms with van der Waals surface area (Å²) in [5, 5.41) is 3.06. The number of benzene rings is 4. The molecule has 2 atom stereocenters. The summed E-state index contributed by atoms with van der Waals surface area (Å²) in [4.78, 5) is 30.2. The fourth-order valence-electron chi connectivity index (χ4n) is 5.23. The van der Waals surface area contributed by atoms with Gasteiger partial charge in [-0.2, -0.15) is 0 Å². The van der Waals surface area contributed by atoms with E-state index < -0.39 is 28.5 Å². The lowest BCUT2D eigenvalue weighted by Gasteiger charge is -2.34. The third-order valence-corrected chi connectivity index (χ3v) is 9.69. The Morgan fingerprint density at radius 3 is 2.09 bits per heavy atom. The van der Waals surface area contributed by atoms with Crippen LogP contribution >= 0.6 is 0 Å². The molecule has 46 heavy (non-hydrogen) atoms. The van der Waals surface area contributed by atoms with Gasteiger partial charge in [-0.1, -0.05) is 91.3 Å². The van der Waals surface area contributed by atoms with Crippen molar-refractivity contribution >= 4 is 27.5 Å². The van der Waals surface area contributed by atoms with E-state index in [-0.39, 0.29) is 35.5 Å². The zero-order valence-corrected chi connectivity index (χ0v) is 28.0. The molecular weight excluding hydrogens is 598 g/mol. The van der Waals surface area contributed by atoms with Gasteiger partial charge in [0.2, 0.25) is 11.8 Å². The van der Waals surface area contributed by atoms with Crippen LogP contribution in [0, 0.1) is 13.8 Å². The Kier molecular flexibility index (Phi) is 11.6. The Morgan fingerprint density at radius 1 is 0.826 bits per heavy atom. The second-order valence-corrected chi connectivity index (χ2v) is 13.4. The van der Waals surface area contributed by atoms with Crippen molar-refractivity contribution < 1.29 is 22.7 Å². The predicted octanol–water partition coefficient (Wildman–Crippen LogP) is 6.06. The first-order valence-corrected chi connectivity index (χ1v) is 16.9. The van der Waals surface area contributed by atoms with E-state index in [0.717, 1.165) is 26.6 Å². The van der Waals surface area contributed by atoms with Gasteiger partial charge in [0, 0.05) is 19.0 Å². The number of aryl methyl sites for hydroxylation is 2. The van der Waals surface area contributed by atoms with Gasteiger partial charge in [0.05, 0.1) is 17.7 Å². The van der Waals surface area contributed by atoms with Crippen LogP contribution in [0.25, 0.3) is 0 Å². The molecule has 4 aromatic carbocycles. The fraction of sp³-hybridized carbons (Fsp3) is 0.297. The Morgan fingerprint density at radius 2 is 1.46 bits per heavy atom. The minimum Gasteiger partial charge on any atom is -0.495 e. The van der Waals surface area contributed by atoms with E-state index in [9.17, 15) is 18.0 Å². The number of nitrogens with zero attached hydrogens (tertiary/aromatic N) is 2. The summed E-state index contributed by atoms with van der Waals surface area (Å²) in [6.45, 7) is 7.26. The van der Waals surface area contributed by atoms with Crippen molar-refractivity contribution in [1.29, 1.82) is 0 Å². The van der Waals surface area contributed by atoms with Gasteiger partial charge >= 0.3 is 0 Å². The summed E-state index contributed by atoms with van der Waals surface area (Å²) in [7, 11) is -2.77. The van der Waals surface area contributed by atoms with Crippen LogP contribution in [0.2, 0.25) is 0 Å². The lowest BCUT2D eigenvalue weighted by atomic mass is 10.0.